The molecule has 6 heteroatoms. The van der Waals surface area contributed by atoms with E-state index in [1.165, 1.54) is 0 Å². The molecule has 1 unspecified atom stereocenters. The van der Waals surface area contributed by atoms with Crippen molar-refractivity contribution in [3.63, 3.8) is 0 Å². The van der Waals surface area contributed by atoms with Crippen LogP contribution in [0.3, 0.4) is 0 Å². The Balaban J connectivity index is 2.23. The number of benzene rings is 2. The van der Waals surface area contributed by atoms with Gasteiger partial charge in [0.25, 0.3) is 0 Å². The van der Waals surface area contributed by atoms with E-state index in [0.29, 0.717) is 12.2 Å². The second kappa shape index (κ2) is 8.47. The van der Waals surface area contributed by atoms with Crippen LogP contribution in [0.25, 0.3) is 11.1 Å². The second-order valence-corrected chi connectivity index (χ2v) is 8.89. The van der Waals surface area contributed by atoms with Crippen molar-refractivity contribution in [3.05, 3.63) is 51.6 Å². The molecule has 1 aliphatic heterocycles. The van der Waals surface area contributed by atoms with Crippen LogP contribution < -0.4 is 4.74 Å². The predicted molar refractivity (Wildman–Crippen MR) is 116 cm³/mol. The summed E-state index contributed by atoms with van der Waals surface area (Å²) in [4.78, 5) is 0. The highest BCUT2D eigenvalue weighted by molar-refractivity contribution is 5.78. The topological polar surface area (TPSA) is 38.7 Å². The first-order chi connectivity index (χ1) is 14.4. The van der Waals surface area contributed by atoms with E-state index in [9.17, 15) is 18.3 Å². The molecule has 0 saturated carbocycles. The predicted octanol–water partition coefficient (Wildman–Crippen LogP) is 6.30. The molecular formula is C25H31F3O3. The largest absolute Gasteiger partial charge is 0.493 e. The number of ether oxygens (including phenoxy) is 2. The van der Waals surface area contributed by atoms with Crippen LogP contribution in [0.1, 0.15) is 59.8 Å². The summed E-state index contributed by atoms with van der Waals surface area (Å²) in [5.41, 5.74) is 4.95. The number of aliphatic hydroxyl groups excluding tert-OH is 1. The molecule has 1 heterocycles. The van der Waals surface area contributed by atoms with Gasteiger partial charge in [-0.3, -0.25) is 0 Å². The summed E-state index contributed by atoms with van der Waals surface area (Å²) < 4.78 is 51.9. The SMILES string of the molecule is Cc1cc(C)c(C(CO)OC(C)(C)C(F)(F)F)c(-c2ccc3c(c2C)CCCO3)c1C. The van der Waals surface area contributed by atoms with Gasteiger partial charge in [-0.15, -0.1) is 0 Å². The highest BCUT2D eigenvalue weighted by Gasteiger charge is 2.50. The standard InChI is InChI=1S/C25H31F3O3/c1-14-12-15(2)22(21(13-29)31-24(5,6)25(26,27)28)23(16(14)3)19-9-10-20-18(17(19)4)8-7-11-30-20/h9-10,12,21,29H,7-8,11,13H2,1-6H3. The molecule has 3 nitrogen and oxygen atoms in total. The van der Waals surface area contributed by atoms with Crippen LogP contribution in [0.4, 0.5) is 13.2 Å². The summed E-state index contributed by atoms with van der Waals surface area (Å²) in [7, 11) is 0. The molecule has 1 N–H and O–H groups in total. The highest BCUT2D eigenvalue weighted by Crippen LogP contribution is 2.44. The van der Waals surface area contributed by atoms with Gasteiger partial charge in [0.2, 0.25) is 0 Å². The van der Waals surface area contributed by atoms with E-state index in [2.05, 4.69) is 0 Å². The Morgan fingerprint density at radius 2 is 1.74 bits per heavy atom. The summed E-state index contributed by atoms with van der Waals surface area (Å²) in [5, 5.41) is 10.1. The van der Waals surface area contributed by atoms with E-state index >= 15 is 0 Å². The van der Waals surface area contributed by atoms with Crippen molar-refractivity contribution < 1.29 is 27.8 Å². The van der Waals surface area contributed by atoms with Gasteiger partial charge in [-0.05, 0) is 105 Å². The summed E-state index contributed by atoms with van der Waals surface area (Å²) >= 11 is 0. The maximum atomic E-state index is 13.5. The fourth-order valence-corrected chi connectivity index (χ4v) is 4.36. The molecule has 170 valence electrons. The van der Waals surface area contributed by atoms with Crippen LogP contribution in [-0.2, 0) is 11.2 Å². The molecule has 3 rings (SSSR count). The molecule has 0 aliphatic carbocycles. The molecule has 0 radical (unpaired) electrons. The zero-order chi connectivity index (χ0) is 23.1. The third kappa shape index (κ3) is 4.33. The van der Waals surface area contributed by atoms with Crippen LogP contribution >= 0.6 is 0 Å². The van der Waals surface area contributed by atoms with Crippen molar-refractivity contribution in [1.82, 2.24) is 0 Å². The lowest BCUT2D eigenvalue weighted by Crippen LogP contribution is -2.43. The van der Waals surface area contributed by atoms with E-state index in [1.54, 1.807) is 0 Å². The van der Waals surface area contributed by atoms with E-state index in [-0.39, 0.29) is 0 Å². The fourth-order valence-electron chi connectivity index (χ4n) is 4.36. The smallest absolute Gasteiger partial charge is 0.416 e. The Hall–Kier alpha value is -2.05. The van der Waals surface area contributed by atoms with Crippen LogP contribution in [0, 0.1) is 27.7 Å². The maximum Gasteiger partial charge on any atom is 0.416 e. The Morgan fingerprint density at radius 1 is 1.06 bits per heavy atom. The Kier molecular flexibility index (Phi) is 6.45. The average Bonchev–Trinajstić information content (AvgIpc) is 2.69. The first-order valence-electron chi connectivity index (χ1n) is 10.6. The number of alkyl halides is 3. The maximum absolute atomic E-state index is 13.5. The Morgan fingerprint density at radius 3 is 2.35 bits per heavy atom. The van der Waals surface area contributed by atoms with Crippen molar-refractivity contribution in [2.24, 2.45) is 0 Å². The normalized spacial score (nSPS) is 15.4. The molecule has 0 spiro atoms. The summed E-state index contributed by atoms with van der Waals surface area (Å²) in [5.74, 6) is 0.865. The minimum Gasteiger partial charge on any atom is -0.493 e. The lowest BCUT2D eigenvalue weighted by Gasteiger charge is -2.34. The first-order valence-corrected chi connectivity index (χ1v) is 10.6. The van der Waals surface area contributed by atoms with Crippen molar-refractivity contribution in [1.29, 1.82) is 0 Å². The molecule has 2 aromatic rings. The number of hydrogen-bond acceptors (Lipinski definition) is 3. The Labute approximate surface area is 182 Å². The molecular weight excluding hydrogens is 405 g/mol. The van der Waals surface area contributed by atoms with E-state index in [4.69, 9.17) is 9.47 Å². The van der Waals surface area contributed by atoms with Gasteiger partial charge in [-0.2, -0.15) is 13.2 Å². The van der Waals surface area contributed by atoms with Crippen molar-refractivity contribution in [3.8, 4) is 16.9 Å². The van der Waals surface area contributed by atoms with Gasteiger partial charge >= 0.3 is 6.18 Å². The average molecular weight is 437 g/mol. The summed E-state index contributed by atoms with van der Waals surface area (Å²) in [6, 6.07) is 5.84. The van der Waals surface area contributed by atoms with Gasteiger partial charge in [0, 0.05) is 0 Å². The highest BCUT2D eigenvalue weighted by atomic mass is 19.4. The fraction of sp³-hybridized carbons (Fsp3) is 0.520. The van der Waals surface area contributed by atoms with E-state index < -0.39 is 24.5 Å². The Bertz CT molecular complexity index is 977. The zero-order valence-corrected chi connectivity index (χ0v) is 19.0. The summed E-state index contributed by atoms with van der Waals surface area (Å²) in [6.45, 7) is 9.95. The molecule has 0 bridgehead atoms. The molecule has 0 aromatic heterocycles. The number of aryl methyl sites for hydroxylation is 2. The second-order valence-electron chi connectivity index (χ2n) is 8.89. The number of hydrogen-bond donors (Lipinski definition) is 1. The molecule has 1 aliphatic rings. The number of rotatable bonds is 5. The van der Waals surface area contributed by atoms with Crippen LogP contribution in [0.15, 0.2) is 18.2 Å². The van der Waals surface area contributed by atoms with Crippen LogP contribution in [0.2, 0.25) is 0 Å². The minimum atomic E-state index is -4.56. The molecule has 0 fully saturated rings. The van der Waals surface area contributed by atoms with Crippen LogP contribution in [0.5, 0.6) is 5.75 Å². The quantitative estimate of drug-likeness (QED) is 0.598. The van der Waals surface area contributed by atoms with Crippen molar-refractivity contribution in [2.45, 2.75) is 72.3 Å². The van der Waals surface area contributed by atoms with E-state index in [1.807, 2.05) is 45.9 Å². The number of fused-ring (bicyclic) bond motifs is 1. The number of aliphatic hydroxyl groups is 1. The monoisotopic (exact) mass is 436 g/mol. The molecule has 2 aromatic carbocycles. The van der Waals surface area contributed by atoms with Gasteiger partial charge in [0.1, 0.15) is 11.9 Å². The lowest BCUT2D eigenvalue weighted by atomic mass is 9.83. The molecule has 0 amide bonds. The zero-order valence-electron chi connectivity index (χ0n) is 19.0. The van der Waals surface area contributed by atoms with Crippen molar-refractivity contribution in [2.75, 3.05) is 13.2 Å². The lowest BCUT2D eigenvalue weighted by molar-refractivity contribution is -0.280. The molecule has 1 atom stereocenters. The van der Waals surface area contributed by atoms with Gasteiger partial charge in [-0.1, -0.05) is 12.1 Å². The summed E-state index contributed by atoms with van der Waals surface area (Å²) in [6.07, 6.45) is -3.85. The van der Waals surface area contributed by atoms with Gasteiger partial charge in [0.15, 0.2) is 5.60 Å². The van der Waals surface area contributed by atoms with Gasteiger partial charge in [0.05, 0.1) is 13.2 Å². The van der Waals surface area contributed by atoms with E-state index in [0.717, 1.165) is 71.4 Å². The van der Waals surface area contributed by atoms with Gasteiger partial charge < -0.3 is 14.6 Å². The van der Waals surface area contributed by atoms with Gasteiger partial charge in [-0.25, -0.2) is 0 Å². The number of halogens is 3. The first kappa shape index (κ1) is 23.6. The van der Waals surface area contributed by atoms with Crippen molar-refractivity contribution >= 4 is 0 Å². The molecule has 31 heavy (non-hydrogen) atoms. The third-order valence-corrected chi connectivity index (χ3v) is 6.35. The third-order valence-electron chi connectivity index (χ3n) is 6.35. The minimum absolute atomic E-state index is 0.553. The molecule has 0 saturated heterocycles. The van der Waals surface area contributed by atoms with Crippen LogP contribution in [-0.4, -0.2) is 30.1 Å².